The number of carboxylic acid groups (broad SMARTS) is 1. The first-order valence-electron chi connectivity index (χ1n) is 5.31. The number of allylic oxidation sites excluding steroid dienone is 1. The number of fused-ring (bicyclic) bond motifs is 1. The highest BCUT2D eigenvalue weighted by atomic mass is 16.4. The summed E-state index contributed by atoms with van der Waals surface area (Å²) in [4.78, 5) is 10.9. The van der Waals surface area contributed by atoms with E-state index in [0.29, 0.717) is 17.9 Å². The molecule has 0 radical (unpaired) electrons. The van der Waals surface area contributed by atoms with Crippen LogP contribution < -0.4 is 5.32 Å². The standard InChI is InChI=1S/C11H17NO2/c1-2-3-7-4-5-12-9-6-8(10(7)9)11(13)14/h2,7-10,12H,1,3-6H2,(H,13,14)/t7?,8?,9-,10?/m0/s1. The number of hydrogen-bond donors (Lipinski definition) is 2. The molecule has 2 aliphatic rings. The lowest BCUT2D eigenvalue weighted by atomic mass is 9.60. The number of nitrogens with one attached hydrogen (secondary N) is 1. The summed E-state index contributed by atoms with van der Waals surface area (Å²) in [6, 6.07) is 0.454. The Kier molecular flexibility index (Phi) is 2.59. The minimum Gasteiger partial charge on any atom is -0.481 e. The lowest BCUT2D eigenvalue weighted by molar-refractivity contribution is -0.152. The van der Waals surface area contributed by atoms with Gasteiger partial charge >= 0.3 is 5.97 Å². The van der Waals surface area contributed by atoms with Crippen LogP contribution in [0.4, 0.5) is 0 Å². The second-order valence-corrected chi connectivity index (χ2v) is 4.39. The fraction of sp³-hybridized carbons (Fsp3) is 0.727. The summed E-state index contributed by atoms with van der Waals surface area (Å²) in [5.41, 5.74) is 0. The Morgan fingerprint density at radius 3 is 3.07 bits per heavy atom. The SMILES string of the molecule is C=CCC1CCN[C@H]2CC(C(=O)O)C12. The Labute approximate surface area is 84.2 Å². The molecule has 0 aromatic heterocycles. The van der Waals surface area contributed by atoms with Crippen LogP contribution >= 0.6 is 0 Å². The van der Waals surface area contributed by atoms with Crippen molar-refractivity contribution in [3.63, 3.8) is 0 Å². The molecule has 2 fully saturated rings. The molecule has 1 aliphatic heterocycles. The van der Waals surface area contributed by atoms with Gasteiger partial charge in [0.15, 0.2) is 0 Å². The Balaban J connectivity index is 2.03. The summed E-state index contributed by atoms with van der Waals surface area (Å²) in [5, 5.41) is 12.4. The van der Waals surface area contributed by atoms with Crippen LogP contribution in [0.3, 0.4) is 0 Å². The number of aliphatic carboxylic acids is 1. The topological polar surface area (TPSA) is 49.3 Å². The van der Waals surface area contributed by atoms with Gasteiger partial charge in [0.05, 0.1) is 5.92 Å². The van der Waals surface area contributed by atoms with Gasteiger partial charge in [-0.3, -0.25) is 4.79 Å². The first-order chi connectivity index (χ1) is 6.74. The van der Waals surface area contributed by atoms with E-state index in [1.807, 2.05) is 6.08 Å². The van der Waals surface area contributed by atoms with Crippen molar-refractivity contribution < 1.29 is 9.90 Å². The second-order valence-electron chi connectivity index (χ2n) is 4.39. The van der Waals surface area contributed by atoms with Crippen molar-refractivity contribution in [1.29, 1.82) is 0 Å². The van der Waals surface area contributed by atoms with Crippen LogP contribution in [0.5, 0.6) is 0 Å². The summed E-state index contributed by atoms with van der Waals surface area (Å²) in [5.74, 6) is 0.148. The maximum Gasteiger partial charge on any atom is 0.306 e. The normalized spacial score (nSPS) is 40.9. The molecule has 1 heterocycles. The maximum absolute atomic E-state index is 10.9. The largest absolute Gasteiger partial charge is 0.481 e. The lowest BCUT2D eigenvalue weighted by Crippen LogP contribution is -2.59. The highest BCUT2D eigenvalue weighted by Crippen LogP contribution is 2.44. The van der Waals surface area contributed by atoms with Crippen LogP contribution in [0.25, 0.3) is 0 Å². The van der Waals surface area contributed by atoms with E-state index >= 15 is 0 Å². The Morgan fingerprint density at radius 1 is 1.64 bits per heavy atom. The number of carbonyl (C=O) groups is 1. The van der Waals surface area contributed by atoms with Crippen LogP contribution in [0, 0.1) is 17.8 Å². The predicted molar refractivity (Wildman–Crippen MR) is 53.9 cm³/mol. The van der Waals surface area contributed by atoms with E-state index in [1.54, 1.807) is 0 Å². The van der Waals surface area contributed by atoms with Gasteiger partial charge in [-0.15, -0.1) is 6.58 Å². The minimum absolute atomic E-state index is 0.113. The van der Waals surface area contributed by atoms with Crippen LogP contribution in [0.1, 0.15) is 19.3 Å². The maximum atomic E-state index is 10.9. The molecule has 2 rings (SSSR count). The van der Waals surface area contributed by atoms with E-state index in [9.17, 15) is 4.79 Å². The first-order valence-corrected chi connectivity index (χ1v) is 5.31. The minimum atomic E-state index is -0.621. The van der Waals surface area contributed by atoms with Crippen molar-refractivity contribution in [3.05, 3.63) is 12.7 Å². The Morgan fingerprint density at radius 2 is 2.43 bits per heavy atom. The van der Waals surface area contributed by atoms with Crippen molar-refractivity contribution in [1.82, 2.24) is 5.32 Å². The van der Waals surface area contributed by atoms with Crippen molar-refractivity contribution in [2.24, 2.45) is 17.8 Å². The third-order valence-electron chi connectivity index (χ3n) is 3.69. The summed E-state index contributed by atoms with van der Waals surface area (Å²) in [6.45, 7) is 4.77. The van der Waals surface area contributed by atoms with Gasteiger partial charge in [0.1, 0.15) is 0 Å². The highest BCUT2D eigenvalue weighted by Gasteiger charge is 2.50. The molecule has 0 amide bonds. The molecule has 1 aliphatic carbocycles. The van der Waals surface area contributed by atoms with Gasteiger partial charge in [-0.05, 0) is 37.6 Å². The second kappa shape index (κ2) is 3.73. The molecule has 1 saturated carbocycles. The van der Waals surface area contributed by atoms with Crippen LogP contribution in [-0.4, -0.2) is 23.7 Å². The van der Waals surface area contributed by atoms with E-state index in [2.05, 4.69) is 11.9 Å². The zero-order chi connectivity index (χ0) is 10.1. The van der Waals surface area contributed by atoms with E-state index in [1.165, 1.54) is 0 Å². The number of rotatable bonds is 3. The summed E-state index contributed by atoms with van der Waals surface area (Å²) in [7, 11) is 0. The van der Waals surface area contributed by atoms with E-state index < -0.39 is 5.97 Å². The Bertz CT molecular complexity index is 252. The van der Waals surface area contributed by atoms with E-state index in [-0.39, 0.29) is 5.92 Å². The van der Waals surface area contributed by atoms with Gasteiger partial charge in [-0.2, -0.15) is 0 Å². The fourth-order valence-corrected chi connectivity index (χ4v) is 2.95. The highest BCUT2D eigenvalue weighted by molar-refractivity contribution is 5.72. The molecule has 2 N–H and O–H groups in total. The van der Waals surface area contributed by atoms with Gasteiger partial charge in [0, 0.05) is 6.04 Å². The quantitative estimate of drug-likeness (QED) is 0.666. The third kappa shape index (κ3) is 1.46. The molecule has 0 spiro atoms. The molecule has 0 aromatic carbocycles. The smallest absolute Gasteiger partial charge is 0.306 e. The molecule has 78 valence electrons. The number of hydrogen-bond acceptors (Lipinski definition) is 2. The van der Waals surface area contributed by atoms with Gasteiger partial charge in [-0.1, -0.05) is 6.08 Å². The monoisotopic (exact) mass is 195 g/mol. The van der Waals surface area contributed by atoms with Crippen molar-refractivity contribution in [2.75, 3.05) is 6.54 Å². The molecule has 0 aromatic rings. The third-order valence-corrected chi connectivity index (χ3v) is 3.69. The first kappa shape index (κ1) is 9.71. The van der Waals surface area contributed by atoms with Gasteiger partial charge in [-0.25, -0.2) is 0 Å². The molecular weight excluding hydrogens is 178 g/mol. The average Bonchev–Trinajstić information content (AvgIpc) is 2.07. The molecule has 3 unspecified atom stereocenters. The molecule has 3 nitrogen and oxygen atoms in total. The van der Waals surface area contributed by atoms with Crippen LogP contribution in [0.2, 0.25) is 0 Å². The van der Waals surface area contributed by atoms with Crippen molar-refractivity contribution >= 4 is 5.97 Å². The molecule has 3 heteroatoms. The molecule has 0 bridgehead atoms. The summed E-state index contributed by atoms with van der Waals surface area (Å²) >= 11 is 0. The van der Waals surface area contributed by atoms with Crippen LogP contribution in [-0.2, 0) is 4.79 Å². The average molecular weight is 195 g/mol. The van der Waals surface area contributed by atoms with Crippen molar-refractivity contribution in [3.8, 4) is 0 Å². The fourth-order valence-electron chi connectivity index (χ4n) is 2.95. The molecule has 14 heavy (non-hydrogen) atoms. The molecule has 1 saturated heterocycles. The summed E-state index contributed by atoms with van der Waals surface area (Å²) in [6.07, 6.45) is 4.79. The Hall–Kier alpha value is -0.830. The predicted octanol–water partition coefficient (Wildman–Crippen LogP) is 1.26. The lowest BCUT2D eigenvalue weighted by Gasteiger charge is -2.50. The van der Waals surface area contributed by atoms with Gasteiger partial charge < -0.3 is 10.4 Å². The molecule has 4 atom stereocenters. The zero-order valence-corrected chi connectivity index (χ0v) is 8.28. The van der Waals surface area contributed by atoms with Gasteiger partial charge in [0.25, 0.3) is 0 Å². The van der Waals surface area contributed by atoms with E-state index in [0.717, 1.165) is 25.8 Å². The van der Waals surface area contributed by atoms with Crippen molar-refractivity contribution in [2.45, 2.75) is 25.3 Å². The van der Waals surface area contributed by atoms with Gasteiger partial charge in [0.2, 0.25) is 0 Å². The van der Waals surface area contributed by atoms with E-state index in [4.69, 9.17) is 5.11 Å². The molecular formula is C11H17NO2. The summed E-state index contributed by atoms with van der Waals surface area (Å²) < 4.78 is 0. The number of carboxylic acids is 1. The zero-order valence-electron chi connectivity index (χ0n) is 8.28. The number of piperidine rings is 1. The van der Waals surface area contributed by atoms with Crippen LogP contribution in [0.15, 0.2) is 12.7 Å².